The van der Waals surface area contributed by atoms with Gasteiger partial charge in [0.2, 0.25) is 0 Å². The summed E-state index contributed by atoms with van der Waals surface area (Å²) in [5.74, 6) is 2.32. The summed E-state index contributed by atoms with van der Waals surface area (Å²) in [6.07, 6.45) is 0. The summed E-state index contributed by atoms with van der Waals surface area (Å²) in [6, 6.07) is 61.9. The molecule has 1 aliphatic rings. The van der Waals surface area contributed by atoms with Gasteiger partial charge in [-0.1, -0.05) is 97.1 Å². The molecule has 0 spiro atoms. The van der Waals surface area contributed by atoms with Crippen LogP contribution in [-0.2, 0) is 0 Å². The SMILES string of the molecule is c1ccc2cc3c(cc2c1)c1ccccc1n3-c1ccc2c(c1)Oc1ccc(-c3nc(-c4ccc5oc6ccccc6c5c4)c4ccccc4n3)c3cccc-2c13. The molecule has 1 aliphatic heterocycles. The van der Waals surface area contributed by atoms with Crippen LogP contribution in [0.3, 0.4) is 0 Å². The number of hydrogen-bond donors (Lipinski definition) is 0. The zero-order valence-corrected chi connectivity index (χ0v) is 30.4. The van der Waals surface area contributed by atoms with Crippen molar-refractivity contribution in [2.24, 2.45) is 0 Å². The smallest absolute Gasteiger partial charge is 0.161 e. The number of benzene rings is 9. The summed E-state index contributed by atoms with van der Waals surface area (Å²) in [7, 11) is 0. The molecule has 0 aliphatic carbocycles. The lowest BCUT2D eigenvalue weighted by atomic mass is 9.92. The van der Waals surface area contributed by atoms with Gasteiger partial charge in [-0.2, -0.15) is 0 Å². The van der Waals surface area contributed by atoms with E-state index in [9.17, 15) is 0 Å². The van der Waals surface area contributed by atoms with Gasteiger partial charge in [0, 0.05) is 60.8 Å². The summed E-state index contributed by atoms with van der Waals surface area (Å²) in [5, 5.41) is 10.2. The molecular weight excluding hydrogens is 699 g/mol. The summed E-state index contributed by atoms with van der Waals surface area (Å²) in [5.41, 5.74) is 11.1. The fourth-order valence-electron chi connectivity index (χ4n) is 9.18. The van der Waals surface area contributed by atoms with Crippen LogP contribution in [0.2, 0.25) is 0 Å². The van der Waals surface area contributed by atoms with Gasteiger partial charge in [-0.15, -0.1) is 0 Å². The van der Waals surface area contributed by atoms with E-state index in [1.807, 2.05) is 36.4 Å². The number of nitrogens with zero attached hydrogens (tertiary/aromatic N) is 3. The van der Waals surface area contributed by atoms with Crippen molar-refractivity contribution in [2.45, 2.75) is 0 Å². The molecule has 4 heterocycles. The Hall–Kier alpha value is -7.76. The van der Waals surface area contributed by atoms with Crippen molar-refractivity contribution in [2.75, 3.05) is 0 Å². The van der Waals surface area contributed by atoms with Gasteiger partial charge >= 0.3 is 0 Å². The first kappa shape index (κ1) is 30.6. The van der Waals surface area contributed by atoms with Crippen molar-refractivity contribution >= 4 is 76.2 Å². The van der Waals surface area contributed by atoms with Crippen molar-refractivity contribution in [3.63, 3.8) is 0 Å². The van der Waals surface area contributed by atoms with Crippen molar-refractivity contribution < 1.29 is 9.15 Å². The fraction of sp³-hybridized carbons (Fsp3) is 0. The third-order valence-electron chi connectivity index (χ3n) is 11.8. The van der Waals surface area contributed by atoms with Crippen molar-refractivity contribution in [1.29, 1.82) is 0 Å². The average Bonchev–Trinajstić information content (AvgIpc) is 3.80. The Balaban J connectivity index is 0.971. The lowest BCUT2D eigenvalue weighted by molar-refractivity contribution is 0.487. The molecule has 5 nitrogen and oxygen atoms in total. The molecule has 0 atom stereocenters. The number of ether oxygens (including phenoxy) is 1. The minimum Gasteiger partial charge on any atom is -0.456 e. The highest BCUT2D eigenvalue weighted by atomic mass is 16.5. The van der Waals surface area contributed by atoms with Gasteiger partial charge in [0.1, 0.15) is 22.7 Å². The number of fused-ring (bicyclic) bond motifs is 10. The van der Waals surface area contributed by atoms with Gasteiger partial charge in [-0.05, 0) is 94.5 Å². The summed E-state index contributed by atoms with van der Waals surface area (Å²) >= 11 is 0. The predicted octanol–water partition coefficient (Wildman–Crippen LogP) is 14.0. The molecule has 12 aromatic rings. The third kappa shape index (κ3) is 4.39. The number of aromatic nitrogens is 3. The standard InChI is InChI=1S/C52H29N3O2/c1-2-11-31-28-45-41(26-30(31)10-1)34-12-4-7-18-44(34)55(45)33-21-22-36-37-15-9-16-38-39(23-25-48(50(37)38)57-49(36)29-33)52-53-43-17-6-3-14-40(43)51(54-52)32-20-24-47-42(27-32)35-13-5-8-19-46(35)56-47/h1-29H. The largest absolute Gasteiger partial charge is 0.456 e. The molecule has 0 radical (unpaired) electrons. The zero-order valence-electron chi connectivity index (χ0n) is 30.4. The van der Waals surface area contributed by atoms with Crippen LogP contribution >= 0.6 is 0 Å². The second-order valence-corrected chi connectivity index (χ2v) is 14.9. The second-order valence-electron chi connectivity index (χ2n) is 14.9. The minimum absolute atomic E-state index is 0.671. The second kappa shape index (κ2) is 11.4. The van der Waals surface area contributed by atoms with E-state index in [1.54, 1.807) is 0 Å². The van der Waals surface area contributed by atoms with Crippen LogP contribution in [0, 0.1) is 0 Å². The van der Waals surface area contributed by atoms with Crippen LogP contribution in [0.25, 0.3) is 116 Å². The number of para-hydroxylation sites is 3. The molecule has 0 unspecified atom stereocenters. The molecule has 0 saturated carbocycles. The highest BCUT2D eigenvalue weighted by Crippen LogP contribution is 2.49. The van der Waals surface area contributed by atoms with Crippen LogP contribution in [0.4, 0.5) is 0 Å². The molecule has 5 heteroatoms. The van der Waals surface area contributed by atoms with Crippen molar-refractivity contribution in [3.05, 3.63) is 176 Å². The maximum atomic E-state index is 6.84. The third-order valence-corrected chi connectivity index (χ3v) is 11.8. The first-order chi connectivity index (χ1) is 28.2. The topological polar surface area (TPSA) is 53.1 Å². The summed E-state index contributed by atoms with van der Waals surface area (Å²) in [4.78, 5) is 10.5. The number of hydrogen-bond acceptors (Lipinski definition) is 4. The molecule has 0 amide bonds. The quantitative estimate of drug-likeness (QED) is 0.182. The van der Waals surface area contributed by atoms with Crippen molar-refractivity contribution in [1.82, 2.24) is 14.5 Å². The van der Waals surface area contributed by atoms with Gasteiger partial charge in [-0.25, -0.2) is 9.97 Å². The first-order valence-electron chi connectivity index (χ1n) is 19.2. The molecular formula is C52H29N3O2. The Morgan fingerprint density at radius 1 is 0.421 bits per heavy atom. The summed E-state index contributed by atoms with van der Waals surface area (Å²) < 4.78 is 15.4. The van der Waals surface area contributed by atoms with Crippen LogP contribution < -0.4 is 4.74 Å². The van der Waals surface area contributed by atoms with Gasteiger partial charge in [0.15, 0.2) is 5.82 Å². The molecule has 0 bridgehead atoms. The van der Waals surface area contributed by atoms with E-state index in [1.165, 1.54) is 32.6 Å². The van der Waals surface area contributed by atoms with Gasteiger partial charge in [-0.3, -0.25) is 0 Å². The van der Waals surface area contributed by atoms with Gasteiger partial charge in [0.05, 0.1) is 22.2 Å². The predicted molar refractivity (Wildman–Crippen MR) is 233 cm³/mol. The molecule has 264 valence electrons. The Labute approximate surface area is 325 Å². The van der Waals surface area contributed by atoms with Gasteiger partial charge < -0.3 is 13.7 Å². The van der Waals surface area contributed by atoms with Crippen LogP contribution in [0.15, 0.2) is 180 Å². The molecule has 3 aromatic heterocycles. The van der Waals surface area contributed by atoms with E-state index in [2.05, 4.69) is 144 Å². The molecule has 0 saturated heterocycles. The van der Waals surface area contributed by atoms with Gasteiger partial charge in [0.25, 0.3) is 0 Å². The lowest BCUT2D eigenvalue weighted by Gasteiger charge is -2.23. The monoisotopic (exact) mass is 727 g/mol. The van der Waals surface area contributed by atoms with Crippen LogP contribution in [0.1, 0.15) is 0 Å². The summed E-state index contributed by atoms with van der Waals surface area (Å²) in [6.45, 7) is 0. The number of furan rings is 1. The molecule has 13 rings (SSSR count). The van der Waals surface area contributed by atoms with Crippen molar-refractivity contribution in [3.8, 4) is 51.0 Å². The maximum Gasteiger partial charge on any atom is 0.161 e. The fourth-order valence-corrected chi connectivity index (χ4v) is 9.18. The van der Waals surface area contributed by atoms with Crippen LogP contribution in [0.5, 0.6) is 11.5 Å². The Kier molecular flexibility index (Phi) is 6.10. The van der Waals surface area contributed by atoms with E-state index >= 15 is 0 Å². The minimum atomic E-state index is 0.671. The van der Waals surface area contributed by atoms with E-state index < -0.39 is 0 Å². The molecule has 0 fully saturated rings. The first-order valence-corrected chi connectivity index (χ1v) is 19.2. The van der Waals surface area contributed by atoms with E-state index in [4.69, 9.17) is 19.1 Å². The molecule has 9 aromatic carbocycles. The normalized spacial score (nSPS) is 12.4. The van der Waals surface area contributed by atoms with E-state index in [0.29, 0.717) is 5.82 Å². The van der Waals surface area contributed by atoms with E-state index in [-0.39, 0.29) is 0 Å². The molecule has 0 N–H and O–H groups in total. The zero-order chi connectivity index (χ0) is 37.2. The number of rotatable bonds is 3. The Morgan fingerprint density at radius 2 is 1.18 bits per heavy atom. The highest BCUT2D eigenvalue weighted by molar-refractivity contribution is 6.14. The Morgan fingerprint density at radius 3 is 2.11 bits per heavy atom. The average molecular weight is 728 g/mol. The maximum absolute atomic E-state index is 6.84. The van der Waals surface area contributed by atoms with Crippen LogP contribution in [-0.4, -0.2) is 14.5 Å². The Bertz CT molecular complexity index is 3690. The highest BCUT2D eigenvalue weighted by Gasteiger charge is 2.24. The van der Waals surface area contributed by atoms with E-state index in [0.717, 1.165) is 88.7 Å². The lowest BCUT2D eigenvalue weighted by Crippen LogP contribution is -2.01. The molecule has 57 heavy (non-hydrogen) atoms.